The van der Waals surface area contributed by atoms with Gasteiger partial charge in [0.25, 0.3) is 0 Å². The van der Waals surface area contributed by atoms with Gasteiger partial charge in [0.15, 0.2) is 5.78 Å². The molecule has 1 nitrogen and oxygen atoms in total. The van der Waals surface area contributed by atoms with E-state index in [-0.39, 0.29) is 5.78 Å². The van der Waals surface area contributed by atoms with Crippen LogP contribution in [0.4, 0.5) is 0 Å². The van der Waals surface area contributed by atoms with E-state index in [0.29, 0.717) is 0 Å². The number of ketones is 1. The zero-order chi connectivity index (χ0) is 18.6. The van der Waals surface area contributed by atoms with Crippen molar-refractivity contribution in [2.75, 3.05) is 5.75 Å². The Bertz CT molecular complexity index is 683. The molecule has 0 atom stereocenters. The lowest BCUT2D eigenvalue weighted by Gasteiger charge is -2.03. The first kappa shape index (κ1) is 20.5. The number of hydrogen-bond acceptors (Lipinski definition) is 2. The largest absolute Gasteiger partial charge is 0.295 e. The van der Waals surface area contributed by atoms with Crippen molar-refractivity contribution in [3.05, 3.63) is 65.2 Å². The SMILES string of the molecule is CCCCCCCCSc1ccc(/C=C/c2ccc(C(C)=O)cc2)cc1. The molecule has 2 aromatic rings. The number of benzene rings is 2. The smallest absolute Gasteiger partial charge is 0.159 e. The fourth-order valence-corrected chi connectivity index (χ4v) is 3.68. The monoisotopic (exact) mass is 366 g/mol. The van der Waals surface area contributed by atoms with Gasteiger partial charge in [-0.3, -0.25) is 4.79 Å². The van der Waals surface area contributed by atoms with Crippen LogP contribution in [-0.2, 0) is 0 Å². The van der Waals surface area contributed by atoms with Gasteiger partial charge in [0, 0.05) is 10.5 Å². The molecule has 0 heterocycles. The van der Waals surface area contributed by atoms with E-state index >= 15 is 0 Å². The minimum atomic E-state index is 0.106. The van der Waals surface area contributed by atoms with Crippen LogP contribution < -0.4 is 0 Å². The van der Waals surface area contributed by atoms with Crippen molar-refractivity contribution < 1.29 is 4.79 Å². The normalized spacial score (nSPS) is 11.2. The first-order valence-corrected chi connectivity index (χ1v) is 10.7. The molecule has 0 aromatic heterocycles. The van der Waals surface area contributed by atoms with Gasteiger partial charge in [0.05, 0.1) is 0 Å². The Balaban J connectivity index is 1.75. The van der Waals surface area contributed by atoms with E-state index in [0.717, 1.165) is 11.1 Å². The number of hydrogen-bond donors (Lipinski definition) is 0. The van der Waals surface area contributed by atoms with Gasteiger partial charge in [-0.25, -0.2) is 0 Å². The summed E-state index contributed by atoms with van der Waals surface area (Å²) >= 11 is 1.96. The van der Waals surface area contributed by atoms with Gasteiger partial charge in [-0.05, 0) is 42.4 Å². The van der Waals surface area contributed by atoms with E-state index in [9.17, 15) is 4.79 Å². The number of rotatable bonds is 11. The van der Waals surface area contributed by atoms with Crippen molar-refractivity contribution >= 4 is 29.7 Å². The topological polar surface area (TPSA) is 17.1 Å². The molecular formula is C24H30OS. The summed E-state index contributed by atoms with van der Waals surface area (Å²) in [5.41, 5.74) is 3.06. The van der Waals surface area contributed by atoms with Crippen molar-refractivity contribution in [3.63, 3.8) is 0 Å². The summed E-state index contributed by atoms with van der Waals surface area (Å²) in [6.45, 7) is 3.86. The zero-order valence-electron chi connectivity index (χ0n) is 16.0. The zero-order valence-corrected chi connectivity index (χ0v) is 16.9. The predicted octanol–water partition coefficient (Wildman–Crippen LogP) is 7.51. The molecule has 26 heavy (non-hydrogen) atoms. The molecule has 2 aromatic carbocycles. The maximum atomic E-state index is 11.3. The molecule has 0 aliphatic carbocycles. The average Bonchev–Trinajstić information content (AvgIpc) is 2.67. The quantitative estimate of drug-likeness (QED) is 0.177. The van der Waals surface area contributed by atoms with Gasteiger partial charge in [0.2, 0.25) is 0 Å². The number of carbonyl (C=O) groups is 1. The molecule has 0 amide bonds. The van der Waals surface area contributed by atoms with Crippen LogP contribution >= 0.6 is 11.8 Å². The number of carbonyl (C=O) groups excluding carboxylic acids is 1. The summed E-state index contributed by atoms with van der Waals surface area (Å²) in [6, 6.07) is 16.5. The van der Waals surface area contributed by atoms with Crippen molar-refractivity contribution in [3.8, 4) is 0 Å². The van der Waals surface area contributed by atoms with Crippen LogP contribution in [0.5, 0.6) is 0 Å². The maximum Gasteiger partial charge on any atom is 0.159 e. The molecule has 0 fully saturated rings. The molecule has 0 spiro atoms. The summed E-state index contributed by atoms with van der Waals surface area (Å²) in [4.78, 5) is 12.6. The van der Waals surface area contributed by atoms with E-state index in [4.69, 9.17) is 0 Å². The van der Waals surface area contributed by atoms with Gasteiger partial charge in [-0.15, -0.1) is 11.8 Å². The highest BCUT2D eigenvalue weighted by Crippen LogP contribution is 2.21. The first-order chi connectivity index (χ1) is 12.7. The van der Waals surface area contributed by atoms with E-state index in [1.54, 1.807) is 6.92 Å². The minimum Gasteiger partial charge on any atom is -0.295 e. The van der Waals surface area contributed by atoms with Crippen molar-refractivity contribution in [1.82, 2.24) is 0 Å². The second-order valence-corrected chi connectivity index (χ2v) is 7.87. The van der Waals surface area contributed by atoms with E-state index in [1.165, 1.54) is 54.7 Å². The number of Topliss-reactive ketones (excluding diaryl/α,β-unsaturated/α-hetero) is 1. The molecule has 138 valence electrons. The molecule has 0 N–H and O–H groups in total. The van der Waals surface area contributed by atoms with Gasteiger partial charge < -0.3 is 0 Å². The number of thioether (sulfide) groups is 1. The fraction of sp³-hybridized carbons (Fsp3) is 0.375. The van der Waals surface area contributed by atoms with Crippen LogP contribution in [0.15, 0.2) is 53.4 Å². The molecule has 2 rings (SSSR count). The van der Waals surface area contributed by atoms with Gasteiger partial charge in [0.1, 0.15) is 0 Å². The fourth-order valence-electron chi connectivity index (χ4n) is 2.77. The molecule has 0 radical (unpaired) electrons. The first-order valence-electron chi connectivity index (χ1n) is 9.71. The molecule has 0 saturated carbocycles. The Kier molecular flexibility index (Phi) is 9.27. The van der Waals surface area contributed by atoms with Crippen LogP contribution in [0.1, 0.15) is 73.9 Å². The Morgan fingerprint density at radius 3 is 1.92 bits per heavy atom. The lowest BCUT2D eigenvalue weighted by Crippen LogP contribution is -1.90. The highest BCUT2D eigenvalue weighted by Gasteiger charge is 1.98. The third-order valence-corrected chi connectivity index (χ3v) is 5.53. The van der Waals surface area contributed by atoms with Gasteiger partial charge in [-0.2, -0.15) is 0 Å². The molecule has 0 aliphatic rings. The van der Waals surface area contributed by atoms with E-state index < -0.39 is 0 Å². The highest BCUT2D eigenvalue weighted by atomic mass is 32.2. The van der Waals surface area contributed by atoms with Crippen LogP contribution in [0, 0.1) is 0 Å². The summed E-state index contributed by atoms with van der Waals surface area (Å²) in [5.74, 6) is 1.32. The van der Waals surface area contributed by atoms with Crippen LogP contribution in [0.2, 0.25) is 0 Å². The Labute approximate surface area is 162 Å². The summed E-state index contributed by atoms with van der Waals surface area (Å²) in [7, 11) is 0. The second kappa shape index (κ2) is 11.7. The molecule has 0 saturated heterocycles. The average molecular weight is 367 g/mol. The summed E-state index contributed by atoms with van der Waals surface area (Å²) in [5, 5.41) is 0. The third kappa shape index (κ3) is 7.61. The summed E-state index contributed by atoms with van der Waals surface area (Å²) in [6.07, 6.45) is 12.3. The summed E-state index contributed by atoms with van der Waals surface area (Å²) < 4.78 is 0. The van der Waals surface area contributed by atoms with Gasteiger partial charge in [-0.1, -0.05) is 87.6 Å². The van der Waals surface area contributed by atoms with Crippen molar-refractivity contribution in [2.45, 2.75) is 57.3 Å². The molecule has 0 bridgehead atoms. The van der Waals surface area contributed by atoms with E-state index in [2.05, 4.69) is 43.3 Å². The Morgan fingerprint density at radius 2 is 1.35 bits per heavy atom. The lowest BCUT2D eigenvalue weighted by molar-refractivity contribution is 0.101. The number of unbranched alkanes of at least 4 members (excludes halogenated alkanes) is 5. The van der Waals surface area contributed by atoms with E-state index in [1.807, 2.05) is 36.0 Å². The Hall–Kier alpha value is -1.80. The standard InChI is InChI=1S/C24H30OS/c1-3-4-5-6-7-8-19-26-24-17-13-22(14-18-24)10-9-21-11-15-23(16-12-21)20(2)25/h9-18H,3-8,19H2,1-2H3/b10-9+. The highest BCUT2D eigenvalue weighted by molar-refractivity contribution is 7.99. The van der Waals surface area contributed by atoms with Crippen LogP contribution in [-0.4, -0.2) is 11.5 Å². The lowest BCUT2D eigenvalue weighted by atomic mass is 10.1. The molecule has 0 aliphatic heterocycles. The van der Waals surface area contributed by atoms with Gasteiger partial charge >= 0.3 is 0 Å². The second-order valence-electron chi connectivity index (χ2n) is 6.70. The Morgan fingerprint density at radius 1 is 0.808 bits per heavy atom. The van der Waals surface area contributed by atoms with Crippen LogP contribution in [0.3, 0.4) is 0 Å². The maximum absolute atomic E-state index is 11.3. The molecule has 0 unspecified atom stereocenters. The van der Waals surface area contributed by atoms with Crippen molar-refractivity contribution in [2.24, 2.45) is 0 Å². The predicted molar refractivity (Wildman–Crippen MR) is 116 cm³/mol. The third-order valence-electron chi connectivity index (χ3n) is 4.43. The minimum absolute atomic E-state index is 0.106. The van der Waals surface area contributed by atoms with Crippen LogP contribution in [0.25, 0.3) is 12.2 Å². The molecule has 2 heteroatoms. The molecular weight excluding hydrogens is 336 g/mol. The van der Waals surface area contributed by atoms with Crippen molar-refractivity contribution in [1.29, 1.82) is 0 Å².